The van der Waals surface area contributed by atoms with Gasteiger partial charge in [0.15, 0.2) is 12.4 Å². The molecule has 0 saturated heterocycles. The number of aromatic nitrogens is 2. The summed E-state index contributed by atoms with van der Waals surface area (Å²) in [6.07, 6.45) is 0.445. The highest BCUT2D eigenvalue weighted by Gasteiger charge is 2.13. The number of rotatable bonds is 6. The summed E-state index contributed by atoms with van der Waals surface area (Å²) in [4.78, 5) is 16.0. The van der Waals surface area contributed by atoms with E-state index in [-0.39, 0.29) is 18.3 Å². The number of carbonyl (C=O) groups excluding carboxylic acids is 1. The summed E-state index contributed by atoms with van der Waals surface area (Å²) in [5.74, 6) is 1.85. The van der Waals surface area contributed by atoms with Crippen LogP contribution in [-0.4, -0.2) is 15.9 Å². The first-order chi connectivity index (χ1) is 9.61. The van der Waals surface area contributed by atoms with Crippen molar-refractivity contribution in [2.24, 2.45) is 0 Å². The smallest absolute Gasteiger partial charge is 0.229 e. The maximum absolute atomic E-state index is 11.8. The molecule has 1 aromatic carbocycles. The lowest BCUT2D eigenvalue weighted by Gasteiger charge is -2.08. The quantitative estimate of drug-likeness (QED) is 0.756. The van der Waals surface area contributed by atoms with E-state index in [4.69, 9.17) is 9.26 Å². The molecule has 20 heavy (non-hydrogen) atoms. The topological polar surface area (TPSA) is 65.2 Å². The van der Waals surface area contributed by atoms with Gasteiger partial charge in [-0.1, -0.05) is 38.1 Å². The van der Waals surface area contributed by atoms with Gasteiger partial charge in [0, 0.05) is 12.3 Å². The minimum absolute atomic E-state index is 0.0524. The first-order valence-electron chi connectivity index (χ1n) is 6.69. The minimum atomic E-state index is 0.0524. The molecule has 2 aromatic rings. The Morgan fingerprint density at radius 3 is 2.75 bits per heavy atom. The highest BCUT2D eigenvalue weighted by molar-refractivity contribution is 5.98. The Labute approximate surface area is 118 Å². The van der Waals surface area contributed by atoms with Crippen molar-refractivity contribution in [3.05, 3.63) is 41.5 Å². The number of benzene rings is 1. The van der Waals surface area contributed by atoms with Crippen LogP contribution in [0.2, 0.25) is 0 Å². The number of nitrogens with zero attached hydrogens (tertiary/aromatic N) is 2. The number of para-hydroxylation sites is 1. The van der Waals surface area contributed by atoms with Crippen LogP contribution in [0.3, 0.4) is 0 Å². The van der Waals surface area contributed by atoms with Gasteiger partial charge in [0.1, 0.15) is 5.75 Å². The average molecular weight is 274 g/mol. The van der Waals surface area contributed by atoms with Crippen LogP contribution < -0.4 is 4.74 Å². The lowest BCUT2D eigenvalue weighted by molar-refractivity contribution is 0.0983. The van der Waals surface area contributed by atoms with E-state index in [2.05, 4.69) is 10.1 Å². The van der Waals surface area contributed by atoms with Crippen LogP contribution in [0.4, 0.5) is 0 Å². The zero-order chi connectivity index (χ0) is 14.5. The fourth-order valence-electron chi connectivity index (χ4n) is 1.72. The second kappa shape index (κ2) is 6.32. The Kier molecular flexibility index (Phi) is 4.50. The second-order valence-corrected chi connectivity index (χ2v) is 4.77. The van der Waals surface area contributed by atoms with E-state index in [0.717, 1.165) is 0 Å². The minimum Gasteiger partial charge on any atom is -0.485 e. The lowest BCUT2D eigenvalue weighted by atomic mass is 10.1. The summed E-state index contributed by atoms with van der Waals surface area (Å²) in [6, 6.07) is 7.18. The van der Waals surface area contributed by atoms with Crippen molar-refractivity contribution < 1.29 is 14.1 Å². The number of hydrogen-bond donors (Lipinski definition) is 0. The van der Waals surface area contributed by atoms with Gasteiger partial charge in [0.25, 0.3) is 0 Å². The molecule has 1 heterocycles. The Balaban J connectivity index is 2.08. The van der Waals surface area contributed by atoms with Gasteiger partial charge in [-0.05, 0) is 12.1 Å². The van der Waals surface area contributed by atoms with Crippen LogP contribution >= 0.6 is 0 Å². The van der Waals surface area contributed by atoms with Crippen molar-refractivity contribution in [2.45, 2.75) is 39.7 Å². The third-order valence-corrected chi connectivity index (χ3v) is 2.84. The van der Waals surface area contributed by atoms with Crippen LogP contribution in [0.5, 0.6) is 5.75 Å². The van der Waals surface area contributed by atoms with Gasteiger partial charge in [0.2, 0.25) is 11.7 Å². The van der Waals surface area contributed by atoms with Crippen LogP contribution in [0, 0.1) is 0 Å². The zero-order valence-corrected chi connectivity index (χ0v) is 11.9. The van der Waals surface area contributed by atoms with Crippen molar-refractivity contribution in [1.82, 2.24) is 10.1 Å². The SMILES string of the molecule is CCC(=O)c1ccccc1OCc1noc(C(C)C)n1. The Bertz CT molecular complexity index is 590. The molecule has 0 atom stereocenters. The van der Waals surface area contributed by atoms with E-state index in [9.17, 15) is 4.79 Å². The monoisotopic (exact) mass is 274 g/mol. The highest BCUT2D eigenvalue weighted by atomic mass is 16.5. The summed E-state index contributed by atoms with van der Waals surface area (Å²) < 4.78 is 10.7. The van der Waals surface area contributed by atoms with Gasteiger partial charge in [-0.3, -0.25) is 4.79 Å². The summed E-state index contributed by atoms with van der Waals surface area (Å²) in [7, 11) is 0. The molecular formula is C15H18N2O3. The van der Waals surface area contributed by atoms with E-state index >= 15 is 0 Å². The fourth-order valence-corrected chi connectivity index (χ4v) is 1.72. The molecule has 0 spiro atoms. The number of Topliss-reactive ketones (excluding diaryl/α,β-unsaturated/α-hetero) is 1. The van der Waals surface area contributed by atoms with E-state index in [1.54, 1.807) is 12.1 Å². The van der Waals surface area contributed by atoms with Crippen molar-refractivity contribution in [3.8, 4) is 5.75 Å². The van der Waals surface area contributed by atoms with Crippen molar-refractivity contribution in [1.29, 1.82) is 0 Å². The van der Waals surface area contributed by atoms with Crippen LogP contribution in [0.15, 0.2) is 28.8 Å². The average Bonchev–Trinajstić information content (AvgIpc) is 2.93. The molecule has 0 unspecified atom stereocenters. The predicted molar refractivity (Wildman–Crippen MR) is 73.8 cm³/mol. The molecule has 0 aliphatic heterocycles. The zero-order valence-electron chi connectivity index (χ0n) is 11.9. The Hall–Kier alpha value is -2.17. The fraction of sp³-hybridized carbons (Fsp3) is 0.400. The van der Waals surface area contributed by atoms with Gasteiger partial charge in [-0.15, -0.1) is 0 Å². The molecule has 1 aromatic heterocycles. The molecule has 5 heteroatoms. The lowest BCUT2D eigenvalue weighted by Crippen LogP contribution is -2.04. The predicted octanol–water partition coefficient (Wildman–Crippen LogP) is 3.36. The van der Waals surface area contributed by atoms with Crippen LogP contribution in [0.25, 0.3) is 0 Å². The van der Waals surface area contributed by atoms with Gasteiger partial charge < -0.3 is 9.26 Å². The second-order valence-electron chi connectivity index (χ2n) is 4.77. The first kappa shape index (κ1) is 14.2. The first-order valence-corrected chi connectivity index (χ1v) is 6.69. The molecule has 106 valence electrons. The molecule has 0 saturated carbocycles. The molecule has 0 N–H and O–H groups in total. The molecule has 0 aliphatic rings. The summed E-state index contributed by atoms with van der Waals surface area (Å²) >= 11 is 0. The van der Waals surface area contributed by atoms with Crippen molar-refractivity contribution in [2.75, 3.05) is 0 Å². The largest absolute Gasteiger partial charge is 0.485 e. The van der Waals surface area contributed by atoms with Gasteiger partial charge in [-0.25, -0.2) is 0 Å². The van der Waals surface area contributed by atoms with Crippen LogP contribution in [0.1, 0.15) is 55.2 Å². The number of ether oxygens (including phenoxy) is 1. The number of ketones is 1. The molecule has 0 aliphatic carbocycles. The molecular weight excluding hydrogens is 256 g/mol. The van der Waals surface area contributed by atoms with Gasteiger partial charge in [-0.2, -0.15) is 4.98 Å². The maximum Gasteiger partial charge on any atom is 0.229 e. The maximum atomic E-state index is 11.8. The van der Waals surface area contributed by atoms with E-state index in [1.807, 2.05) is 32.9 Å². The molecule has 0 amide bonds. The Morgan fingerprint density at radius 2 is 2.10 bits per heavy atom. The Morgan fingerprint density at radius 1 is 1.35 bits per heavy atom. The van der Waals surface area contributed by atoms with Crippen molar-refractivity contribution in [3.63, 3.8) is 0 Å². The third kappa shape index (κ3) is 3.23. The summed E-state index contributed by atoms with van der Waals surface area (Å²) in [5, 5.41) is 3.85. The molecule has 0 radical (unpaired) electrons. The molecule has 2 rings (SSSR count). The van der Waals surface area contributed by atoms with E-state index < -0.39 is 0 Å². The van der Waals surface area contributed by atoms with E-state index in [0.29, 0.717) is 29.4 Å². The normalized spacial score (nSPS) is 10.8. The molecule has 0 fully saturated rings. The number of hydrogen-bond acceptors (Lipinski definition) is 5. The standard InChI is InChI=1S/C15H18N2O3/c1-4-12(18)11-7-5-6-8-13(11)19-9-14-16-15(10(2)3)20-17-14/h5-8,10H,4,9H2,1-3H3. The molecule has 5 nitrogen and oxygen atoms in total. The summed E-state index contributed by atoms with van der Waals surface area (Å²) in [5.41, 5.74) is 0.586. The highest BCUT2D eigenvalue weighted by Crippen LogP contribution is 2.21. The third-order valence-electron chi connectivity index (χ3n) is 2.84. The number of carbonyl (C=O) groups is 1. The van der Waals surface area contributed by atoms with E-state index in [1.165, 1.54) is 0 Å². The molecule has 0 bridgehead atoms. The summed E-state index contributed by atoms with van der Waals surface area (Å²) in [6.45, 7) is 5.97. The van der Waals surface area contributed by atoms with Crippen molar-refractivity contribution >= 4 is 5.78 Å². The van der Waals surface area contributed by atoms with Gasteiger partial charge >= 0.3 is 0 Å². The van der Waals surface area contributed by atoms with Crippen LogP contribution in [-0.2, 0) is 6.61 Å². The van der Waals surface area contributed by atoms with Gasteiger partial charge in [0.05, 0.1) is 5.56 Å².